The van der Waals surface area contributed by atoms with Crippen LogP contribution in [0.5, 0.6) is 0 Å². The standard InChI is InChI=1S/C60H39NS/c1-3-13-40(14-4-1)48-33-49(41-15-5-2-6-16-41)35-50(34-48)44-23-25-45(26-24-44)56-39-58-57-38-53(31-32-59(57)62-60(58)55-22-12-11-21-54(55)56)61(51-29-27-42-17-7-9-19-46(42)36-51)52-30-28-43-18-8-10-20-47(43)37-52/h1-39H. The highest BCUT2D eigenvalue weighted by Gasteiger charge is 2.19. The van der Waals surface area contributed by atoms with Crippen molar-refractivity contribution in [2.75, 3.05) is 4.90 Å². The molecule has 2 heteroatoms. The van der Waals surface area contributed by atoms with Gasteiger partial charge in [0.15, 0.2) is 0 Å². The minimum absolute atomic E-state index is 1.13. The number of benzene rings is 11. The molecule has 0 atom stereocenters. The lowest BCUT2D eigenvalue weighted by Crippen LogP contribution is -2.09. The summed E-state index contributed by atoms with van der Waals surface area (Å²) in [5, 5.41) is 10.0. The quantitative estimate of drug-likeness (QED) is 0.155. The Hall–Kier alpha value is -7.78. The second-order valence-electron chi connectivity index (χ2n) is 16.1. The summed E-state index contributed by atoms with van der Waals surface area (Å²) in [6, 6.07) is 86.8. The average Bonchev–Trinajstić information content (AvgIpc) is 3.72. The molecule has 0 spiro atoms. The Labute approximate surface area is 365 Å². The van der Waals surface area contributed by atoms with E-state index < -0.39 is 0 Å². The van der Waals surface area contributed by atoms with Crippen molar-refractivity contribution in [3.05, 3.63) is 237 Å². The predicted octanol–water partition coefficient (Wildman–Crippen LogP) is 17.7. The van der Waals surface area contributed by atoms with Gasteiger partial charge in [-0.05, 0) is 138 Å². The summed E-state index contributed by atoms with van der Waals surface area (Å²) in [4.78, 5) is 2.42. The van der Waals surface area contributed by atoms with Crippen LogP contribution >= 0.6 is 11.3 Å². The highest BCUT2D eigenvalue weighted by Crippen LogP contribution is 2.46. The summed E-state index contributed by atoms with van der Waals surface area (Å²) in [5.41, 5.74) is 13.1. The van der Waals surface area contributed by atoms with Crippen LogP contribution in [-0.2, 0) is 0 Å². The highest BCUT2D eigenvalue weighted by molar-refractivity contribution is 7.26. The lowest BCUT2D eigenvalue weighted by molar-refractivity contribution is 1.30. The summed E-state index contributed by atoms with van der Waals surface area (Å²) in [7, 11) is 0. The lowest BCUT2D eigenvalue weighted by atomic mass is 9.91. The molecule has 12 aromatic rings. The predicted molar refractivity (Wildman–Crippen MR) is 268 cm³/mol. The van der Waals surface area contributed by atoms with Crippen molar-refractivity contribution in [3.8, 4) is 44.5 Å². The summed E-state index contributed by atoms with van der Waals surface area (Å²) in [5.74, 6) is 0. The molecule has 0 unspecified atom stereocenters. The van der Waals surface area contributed by atoms with Crippen LogP contribution in [0.4, 0.5) is 17.1 Å². The van der Waals surface area contributed by atoms with Gasteiger partial charge in [0.05, 0.1) is 0 Å². The number of thiophene rings is 1. The van der Waals surface area contributed by atoms with Crippen molar-refractivity contribution in [2.24, 2.45) is 0 Å². The van der Waals surface area contributed by atoms with E-state index >= 15 is 0 Å². The molecule has 0 saturated carbocycles. The van der Waals surface area contributed by atoms with Gasteiger partial charge in [-0.15, -0.1) is 11.3 Å². The minimum atomic E-state index is 1.13. The molecule has 1 aromatic heterocycles. The van der Waals surface area contributed by atoms with Gasteiger partial charge >= 0.3 is 0 Å². The zero-order valence-corrected chi connectivity index (χ0v) is 34.7. The maximum absolute atomic E-state index is 2.44. The van der Waals surface area contributed by atoms with Gasteiger partial charge in [-0.2, -0.15) is 0 Å². The molecular weight excluding hydrogens is 767 g/mol. The highest BCUT2D eigenvalue weighted by atomic mass is 32.1. The van der Waals surface area contributed by atoms with Gasteiger partial charge in [0.25, 0.3) is 0 Å². The number of nitrogens with zero attached hydrogens (tertiary/aromatic N) is 1. The van der Waals surface area contributed by atoms with Crippen LogP contribution in [0.15, 0.2) is 237 Å². The zero-order chi connectivity index (χ0) is 41.0. The van der Waals surface area contributed by atoms with Crippen molar-refractivity contribution in [1.82, 2.24) is 0 Å². The van der Waals surface area contributed by atoms with E-state index in [0.29, 0.717) is 0 Å². The number of hydrogen-bond donors (Lipinski definition) is 0. The van der Waals surface area contributed by atoms with Crippen LogP contribution in [0.3, 0.4) is 0 Å². The molecule has 62 heavy (non-hydrogen) atoms. The zero-order valence-electron chi connectivity index (χ0n) is 33.9. The summed E-state index contributed by atoms with van der Waals surface area (Å²) in [6.07, 6.45) is 0. The first-order valence-electron chi connectivity index (χ1n) is 21.2. The molecule has 0 fully saturated rings. The van der Waals surface area contributed by atoms with Gasteiger partial charge in [0.1, 0.15) is 0 Å². The number of rotatable bonds is 7. The van der Waals surface area contributed by atoms with E-state index in [1.807, 2.05) is 11.3 Å². The van der Waals surface area contributed by atoms with E-state index in [-0.39, 0.29) is 0 Å². The Morgan fingerprint density at radius 2 is 0.710 bits per heavy atom. The molecule has 0 aliphatic carbocycles. The van der Waals surface area contributed by atoms with Gasteiger partial charge < -0.3 is 4.90 Å². The summed E-state index contributed by atoms with van der Waals surface area (Å²) >= 11 is 1.89. The van der Waals surface area contributed by atoms with E-state index in [4.69, 9.17) is 0 Å². The van der Waals surface area contributed by atoms with Gasteiger partial charge in [0.2, 0.25) is 0 Å². The fourth-order valence-electron chi connectivity index (χ4n) is 9.27. The van der Waals surface area contributed by atoms with E-state index in [1.54, 1.807) is 0 Å². The van der Waals surface area contributed by atoms with Crippen LogP contribution < -0.4 is 4.90 Å². The molecule has 1 heterocycles. The fourth-order valence-corrected chi connectivity index (χ4v) is 10.5. The van der Waals surface area contributed by atoms with E-state index in [2.05, 4.69) is 241 Å². The number of fused-ring (bicyclic) bond motifs is 7. The van der Waals surface area contributed by atoms with Crippen LogP contribution in [0.2, 0.25) is 0 Å². The molecule has 1 nitrogen and oxygen atoms in total. The first-order valence-corrected chi connectivity index (χ1v) is 22.0. The van der Waals surface area contributed by atoms with Crippen molar-refractivity contribution in [3.63, 3.8) is 0 Å². The summed E-state index contributed by atoms with van der Waals surface area (Å²) < 4.78 is 2.60. The molecule has 0 bridgehead atoms. The molecule has 11 aromatic carbocycles. The Morgan fingerprint density at radius 1 is 0.258 bits per heavy atom. The molecule has 0 saturated heterocycles. The first kappa shape index (κ1) is 36.1. The van der Waals surface area contributed by atoms with Gasteiger partial charge in [-0.25, -0.2) is 0 Å². The maximum atomic E-state index is 2.44. The largest absolute Gasteiger partial charge is 0.310 e. The number of anilines is 3. The van der Waals surface area contributed by atoms with Gasteiger partial charge in [0, 0.05) is 42.6 Å². The van der Waals surface area contributed by atoms with Gasteiger partial charge in [-0.1, -0.05) is 170 Å². The fraction of sp³-hybridized carbons (Fsp3) is 0. The third-order valence-corrected chi connectivity index (χ3v) is 13.6. The Balaban J connectivity index is 0.997. The van der Waals surface area contributed by atoms with Crippen molar-refractivity contribution in [1.29, 1.82) is 0 Å². The maximum Gasteiger partial charge on any atom is 0.0468 e. The minimum Gasteiger partial charge on any atom is -0.310 e. The molecule has 290 valence electrons. The number of hydrogen-bond acceptors (Lipinski definition) is 2. The van der Waals surface area contributed by atoms with Crippen molar-refractivity contribution < 1.29 is 0 Å². The van der Waals surface area contributed by atoms with E-state index in [9.17, 15) is 0 Å². The van der Waals surface area contributed by atoms with Crippen LogP contribution in [-0.4, -0.2) is 0 Å². The van der Waals surface area contributed by atoms with Crippen molar-refractivity contribution in [2.45, 2.75) is 0 Å². The topological polar surface area (TPSA) is 3.24 Å². The first-order chi connectivity index (χ1) is 30.7. The second-order valence-corrected chi connectivity index (χ2v) is 17.2. The van der Waals surface area contributed by atoms with E-state index in [1.165, 1.54) is 97.0 Å². The SMILES string of the molecule is c1ccc(-c2cc(-c3ccccc3)cc(-c3ccc(-c4cc5c6cc(N(c7ccc8ccccc8c7)c7ccc8ccccc8c7)ccc6sc5c5ccccc45)cc3)c2)cc1. The smallest absolute Gasteiger partial charge is 0.0468 e. The van der Waals surface area contributed by atoms with Crippen molar-refractivity contribution >= 4 is 80.9 Å². The molecule has 0 N–H and O–H groups in total. The lowest BCUT2D eigenvalue weighted by Gasteiger charge is -2.26. The third-order valence-electron chi connectivity index (χ3n) is 12.4. The van der Waals surface area contributed by atoms with Crippen LogP contribution in [0.1, 0.15) is 0 Å². The normalized spacial score (nSPS) is 11.5. The van der Waals surface area contributed by atoms with Crippen LogP contribution in [0, 0.1) is 0 Å². The van der Waals surface area contributed by atoms with Crippen LogP contribution in [0.25, 0.3) is 97.0 Å². The molecular formula is C60H39NS. The van der Waals surface area contributed by atoms with E-state index in [0.717, 1.165) is 17.1 Å². The molecule has 12 rings (SSSR count). The summed E-state index contributed by atoms with van der Waals surface area (Å²) in [6.45, 7) is 0. The molecule has 0 aliphatic rings. The monoisotopic (exact) mass is 805 g/mol. The average molecular weight is 806 g/mol. The molecule has 0 amide bonds. The Bertz CT molecular complexity index is 3490. The third kappa shape index (κ3) is 6.41. The second kappa shape index (κ2) is 15.0. The Morgan fingerprint density at radius 3 is 1.29 bits per heavy atom. The Kier molecular flexibility index (Phi) is 8.76. The molecule has 0 aliphatic heterocycles. The molecule has 0 radical (unpaired) electrons. The van der Waals surface area contributed by atoms with Gasteiger partial charge in [-0.3, -0.25) is 0 Å².